The van der Waals surface area contributed by atoms with E-state index >= 15 is 0 Å². The summed E-state index contributed by atoms with van der Waals surface area (Å²) in [5.74, 6) is 0.561. The molecule has 1 N–H and O–H groups in total. The summed E-state index contributed by atoms with van der Waals surface area (Å²) in [6.07, 6.45) is 4.20. The highest BCUT2D eigenvalue weighted by atomic mass is 35.5. The lowest BCUT2D eigenvalue weighted by atomic mass is 9.77. The lowest BCUT2D eigenvalue weighted by molar-refractivity contribution is -0.138. The Kier molecular flexibility index (Phi) is 6.95. The van der Waals surface area contributed by atoms with Gasteiger partial charge in [0.1, 0.15) is 17.3 Å². The van der Waals surface area contributed by atoms with Crippen molar-refractivity contribution in [2.45, 2.75) is 42.9 Å². The van der Waals surface area contributed by atoms with E-state index < -0.39 is 16.0 Å². The van der Waals surface area contributed by atoms with E-state index in [1.54, 1.807) is 24.3 Å². The van der Waals surface area contributed by atoms with Crippen LogP contribution in [0.5, 0.6) is 5.75 Å². The van der Waals surface area contributed by atoms with Gasteiger partial charge in [-0.3, -0.25) is 9.10 Å². The Balaban J connectivity index is 1.34. The summed E-state index contributed by atoms with van der Waals surface area (Å²) in [7, 11) is -3.82. The summed E-state index contributed by atoms with van der Waals surface area (Å²) in [5, 5.41) is 9.22. The average Bonchev–Trinajstić information content (AvgIpc) is 2.88. The number of benzene rings is 3. The van der Waals surface area contributed by atoms with E-state index in [0.29, 0.717) is 17.4 Å². The van der Waals surface area contributed by atoms with Crippen molar-refractivity contribution in [3.63, 3.8) is 0 Å². The normalized spacial score (nSPS) is 19.9. The Hall–Kier alpha value is -3.03. The number of halogens is 1. The van der Waals surface area contributed by atoms with Crippen LogP contribution in [0, 0.1) is 5.92 Å². The van der Waals surface area contributed by atoms with Gasteiger partial charge >= 0.3 is 5.97 Å². The van der Waals surface area contributed by atoms with E-state index in [-0.39, 0.29) is 35.4 Å². The number of carboxylic acids is 1. The maximum absolute atomic E-state index is 13.3. The lowest BCUT2D eigenvalue weighted by Gasteiger charge is -2.31. The highest BCUT2D eigenvalue weighted by Gasteiger charge is 2.32. The molecule has 3 aromatic rings. The molecular weight excluding hydrogens is 498 g/mol. The standard InChI is InChI=1S/C28H28ClNO5S/c29-24-3-1-2-4-27(24)36(33,34)30-15-16-35-26-18-23(13-14-25(26)30)22-11-9-21(10-12-22)20-7-5-19(6-8-20)17-28(31)32/h1-4,9-14,18-20H,5-8,15-17H2,(H,31,32)/t19-,20-. The maximum atomic E-state index is 13.3. The number of aliphatic carboxylic acids is 1. The van der Waals surface area contributed by atoms with Gasteiger partial charge in [-0.25, -0.2) is 8.42 Å². The Bertz CT molecular complexity index is 1360. The van der Waals surface area contributed by atoms with Crippen molar-refractivity contribution in [3.05, 3.63) is 77.3 Å². The SMILES string of the molecule is O=C(O)C[C@H]1CC[C@H](c2ccc(-c3ccc4c(c3)OCCN4S(=O)(=O)c3ccccc3Cl)cc2)CC1. The molecule has 36 heavy (non-hydrogen) atoms. The van der Waals surface area contributed by atoms with Crippen LogP contribution >= 0.6 is 11.6 Å². The molecule has 1 fully saturated rings. The molecule has 2 aliphatic rings. The van der Waals surface area contributed by atoms with E-state index in [4.69, 9.17) is 21.4 Å². The van der Waals surface area contributed by atoms with Crippen LogP contribution in [-0.2, 0) is 14.8 Å². The van der Waals surface area contributed by atoms with Crippen molar-refractivity contribution in [1.29, 1.82) is 0 Å². The molecule has 0 spiro atoms. The van der Waals surface area contributed by atoms with Gasteiger partial charge in [0.05, 0.1) is 17.3 Å². The summed E-state index contributed by atoms with van der Waals surface area (Å²) in [5.41, 5.74) is 3.75. The van der Waals surface area contributed by atoms with Crippen molar-refractivity contribution in [2.24, 2.45) is 5.92 Å². The minimum absolute atomic E-state index is 0.0798. The molecule has 5 rings (SSSR count). The zero-order chi connectivity index (χ0) is 25.3. The van der Waals surface area contributed by atoms with Crippen LogP contribution in [0.3, 0.4) is 0 Å². The quantitative estimate of drug-likeness (QED) is 0.406. The largest absolute Gasteiger partial charge is 0.489 e. The van der Waals surface area contributed by atoms with Crippen molar-refractivity contribution >= 4 is 33.3 Å². The minimum atomic E-state index is -3.82. The fraction of sp³-hybridized carbons (Fsp3) is 0.321. The Labute approximate surface area is 216 Å². The highest BCUT2D eigenvalue weighted by Crippen LogP contribution is 2.41. The third-order valence-electron chi connectivity index (χ3n) is 7.21. The molecule has 6 nitrogen and oxygen atoms in total. The zero-order valence-corrected chi connectivity index (χ0v) is 21.3. The average molecular weight is 526 g/mol. The fourth-order valence-corrected chi connectivity index (χ4v) is 7.25. The number of anilines is 1. The number of ether oxygens (including phenoxy) is 1. The molecule has 0 amide bonds. The smallest absolute Gasteiger partial charge is 0.303 e. The van der Waals surface area contributed by atoms with E-state index in [0.717, 1.165) is 36.8 Å². The van der Waals surface area contributed by atoms with Gasteiger partial charge in [-0.05, 0) is 78.5 Å². The summed E-state index contributed by atoms with van der Waals surface area (Å²) in [6, 6.07) is 20.5. The van der Waals surface area contributed by atoms with Crippen molar-refractivity contribution in [2.75, 3.05) is 17.5 Å². The second kappa shape index (κ2) is 10.1. The Morgan fingerprint density at radius 2 is 1.67 bits per heavy atom. The predicted molar refractivity (Wildman–Crippen MR) is 140 cm³/mol. The van der Waals surface area contributed by atoms with Gasteiger partial charge in [0.2, 0.25) is 0 Å². The van der Waals surface area contributed by atoms with Gasteiger partial charge < -0.3 is 9.84 Å². The fourth-order valence-electron chi connectivity index (χ4n) is 5.29. The highest BCUT2D eigenvalue weighted by molar-refractivity contribution is 7.93. The first-order valence-electron chi connectivity index (χ1n) is 12.2. The number of fused-ring (bicyclic) bond motifs is 1. The molecular formula is C28H28ClNO5S. The lowest BCUT2D eigenvalue weighted by Crippen LogP contribution is -2.38. The third-order valence-corrected chi connectivity index (χ3v) is 9.52. The molecule has 0 unspecified atom stereocenters. The number of nitrogens with zero attached hydrogens (tertiary/aromatic N) is 1. The predicted octanol–water partition coefficient (Wildman–Crippen LogP) is 6.34. The molecule has 3 aromatic carbocycles. The monoisotopic (exact) mass is 525 g/mol. The van der Waals surface area contributed by atoms with E-state index in [2.05, 4.69) is 24.3 Å². The van der Waals surface area contributed by atoms with Crippen LogP contribution in [0.25, 0.3) is 11.1 Å². The molecule has 8 heteroatoms. The van der Waals surface area contributed by atoms with E-state index in [1.807, 2.05) is 12.1 Å². The van der Waals surface area contributed by atoms with Crippen LogP contribution in [0.2, 0.25) is 5.02 Å². The van der Waals surface area contributed by atoms with Gasteiger partial charge in [0.25, 0.3) is 10.0 Å². The summed E-state index contributed by atoms with van der Waals surface area (Å²) in [4.78, 5) is 11.1. The molecule has 1 aliphatic heterocycles. The molecule has 1 heterocycles. The van der Waals surface area contributed by atoms with E-state index in [9.17, 15) is 13.2 Å². The third kappa shape index (κ3) is 4.95. The molecule has 0 bridgehead atoms. The topological polar surface area (TPSA) is 83.9 Å². The molecule has 0 saturated heterocycles. The number of rotatable bonds is 6. The van der Waals surface area contributed by atoms with Crippen LogP contribution in [0.4, 0.5) is 5.69 Å². The first-order valence-corrected chi connectivity index (χ1v) is 14.0. The number of hydrogen-bond acceptors (Lipinski definition) is 4. The Morgan fingerprint density at radius 3 is 2.36 bits per heavy atom. The zero-order valence-electron chi connectivity index (χ0n) is 19.8. The Morgan fingerprint density at radius 1 is 0.972 bits per heavy atom. The van der Waals surface area contributed by atoms with Crippen molar-refractivity contribution in [1.82, 2.24) is 0 Å². The molecule has 0 aromatic heterocycles. The van der Waals surface area contributed by atoms with Crippen molar-refractivity contribution in [3.8, 4) is 16.9 Å². The first kappa shape index (κ1) is 24.7. The second-order valence-electron chi connectivity index (χ2n) is 9.48. The minimum Gasteiger partial charge on any atom is -0.489 e. The number of sulfonamides is 1. The first-order chi connectivity index (χ1) is 17.3. The number of carboxylic acid groups (broad SMARTS) is 1. The van der Waals surface area contributed by atoms with E-state index in [1.165, 1.54) is 15.9 Å². The van der Waals surface area contributed by atoms with Crippen LogP contribution in [-0.4, -0.2) is 32.6 Å². The summed E-state index contributed by atoms with van der Waals surface area (Å²) >= 11 is 6.20. The van der Waals surface area contributed by atoms with Gasteiger partial charge in [-0.1, -0.05) is 54.1 Å². The summed E-state index contributed by atoms with van der Waals surface area (Å²) < 4.78 is 33.9. The van der Waals surface area contributed by atoms with Gasteiger partial charge in [-0.15, -0.1) is 0 Å². The molecule has 1 aliphatic carbocycles. The molecule has 0 atom stereocenters. The molecule has 188 valence electrons. The maximum Gasteiger partial charge on any atom is 0.303 e. The van der Waals surface area contributed by atoms with Crippen LogP contribution in [0.15, 0.2) is 71.6 Å². The second-order valence-corrected chi connectivity index (χ2v) is 11.7. The number of hydrogen-bond donors (Lipinski definition) is 1. The van der Waals surface area contributed by atoms with Crippen LogP contribution < -0.4 is 9.04 Å². The van der Waals surface area contributed by atoms with Gasteiger partial charge in [0.15, 0.2) is 0 Å². The van der Waals surface area contributed by atoms with Crippen molar-refractivity contribution < 1.29 is 23.1 Å². The molecule has 1 saturated carbocycles. The number of carbonyl (C=O) groups is 1. The summed E-state index contributed by atoms with van der Waals surface area (Å²) in [6.45, 7) is 0.465. The van der Waals surface area contributed by atoms with Crippen LogP contribution in [0.1, 0.15) is 43.6 Å². The van der Waals surface area contributed by atoms with Gasteiger partial charge in [-0.2, -0.15) is 0 Å². The van der Waals surface area contributed by atoms with Gasteiger partial charge in [0, 0.05) is 6.42 Å². The molecule has 0 radical (unpaired) electrons.